The van der Waals surface area contributed by atoms with Crippen LogP contribution in [0.4, 0.5) is 0 Å². The van der Waals surface area contributed by atoms with Gasteiger partial charge < -0.3 is 0 Å². The Balaban J connectivity index is 0.000000197. The molecule has 0 spiro atoms. The first-order valence-electron chi connectivity index (χ1n) is 6.38. The summed E-state index contributed by atoms with van der Waals surface area (Å²) in [5, 5.41) is 2.28. The summed E-state index contributed by atoms with van der Waals surface area (Å²) in [6.07, 6.45) is 7.12. The average molecular weight is 360 g/mol. The molecule has 0 aliphatic heterocycles. The van der Waals surface area contributed by atoms with Crippen molar-refractivity contribution in [1.82, 2.24) is 15.0 Å². The van der Waals surface area contributed by atoms with Crippen LogP contribution in [0.2, 0.25) is 0 Å². The van der Waals surface area contributed by atoms with Crippen molar-refractivity contribution >= 4 is 21.8 Å². The summed E-state index contributed by atoms with van der Waals surface area (Å²) in [6.45, 7) is 0. The number of hydrogen-bond donors (Lipinski definition) is 0. The van der Waals surface area contributed by atoms with Crippen LogP contribution in [0.25, 0.3) is 21.8 Å². The van der Waals surface area contributed by atoms with E-state index in [1.165, 1.54) is 0 Å². The molecule has 0 radical (unpaired) electrons. The fourth-order valence-corrected chi connectivity index (χ4v) is 2.01. The zero-order chi connectivity index (χ0) is 13.6. The molecule has 0 saturated carbocycles. The van der Waals surface area contributed by atoms with Gasteiger partial charge in [-0.2, -0.15) is 0 Å². The Hall–Kier alpha value is -2.19. The standard InChI is InChI=1S/C12H8N2.C5H5N.Ru/c1-3-9-5-6-11-10(4-2-7-13-11)12(9)14-8-1;1-2-4-6-5-3-1;/h1-8H;1-5H;. The minimum Gasteiger partial charge on any atom is -0.265 e. The van der Waals surface area contributed by atoms with Crippen molar-refractivity contribution in [2.24, 2.45) is 0 Å². The first-order chi connectivity index (χ1) is 9.95. The van der Waals surface area contributed by atoms with Gasteiger partial charge in [-0.1, -0.05) is 18.2 Å². The molecular weight excluding hydrogens is 347 g/mol. The predicted octanol–water partition coefficient (Wildman–Crippen LogP) is 3.86. The van der Waals surface area contributed by atoms with E-state index in [1.807, 2.05) is 42.6 Å². The van der Waals surface area contributed by atoms with E-state index in [9.17, 15) is 0 Å². The molecule has 4 rings (SSSR count). The maximum Gasteiger partial charge on any atom is 0.0795 e. The summed E-state index contributed by atoms with van der Waals surface area (Å²) in [7, 11) is 0. The fourth-order valence-electron chi connectivity index (χ4n) is 2.01. The van der Waals surface area contributed by atoms with Crippen molar-refractivity contribution < 1.29 is 19.5 Å². The Bertz CT molecular complexity index is 738. The average Bonchev–Trinajstić information content (AvgIpc) is 2.57. The van der Waals surface area contributed by atoms with E-state index in [1.54, 1.807) is 18.6 Å². The van der Waals surface area contributed by atoms with Crippen LogP contribution in [-0.4, -0.2) is 15.0 Å². The number of fused-ring (bicyclic) bond motifs is 3. The Labute approximate surface area is 135 Å². The molecule has 0 fully saturated rings. The van der Waals surface area contributed by atoms with E-state index >= 15 is 0 Å². The summed E-state index contributed by atoms with van der Waals surface area (Å²) in [5.41, 5.74) is 2.02. The van der Waals surface area contributed by atoms with Crippen molar-refractivity contribution in [2.75, 3.05) is 0 Å². The second kappa shape index (κ2) is 7.56. The van der Waals surface area contributed by atoms with Gasteiger partial charge in [-0.25, -0.2) is 0 Å². The van der Waals surface area contributed by atoms with Gasteiger partial charge in [-0.15, -0.1) is 0 Å². The number of pyridine rings is 3. The molecule has 3 aromatic heterocycles. The topological polar surface area (TPSA) is 38.7 Å². The summed E-state index contributed by atoms with van der Waals surface area (Å²) < 4.78 is 0. The first-order valence-corrected chi connectivity index (χ1v) is 6.38. The van der Waals surface area contributed by atoms with Gasteiger partial charge in [0.25, 0.3) is 0 Å². The smallest absolute Gasteiger partial charge is 0.0795 e. The van der Waals surface area contributed by atoms with Gasteiger partial charge >= 0.3 is 0 Å². The van der Waals surface area contributed by atoms with Crippen molar-refractivity contribution in [1.29, 1.82) is 0 Å². The number of benzene rings is 1. The molecule has 4 aromatic rings. The SMILES string of the molecule is [Ru].c1ccncc1.c1cnc2c(c1)ccc1ncccc12. The van der Waals surface area contributed by atoms with Crippen LogP contribution < -0.4 is 0 Å². The van der Waals surface area contributed by atoms with E-state index < -0.39 is 0 Å². The number of nitrogens with zero attached hydrogens (tertiary/aromatic N) is 3. The van der Waals surface area contributed by atoms with Crippen molar-refractivity contribution in [2.45, 2.75) is 0 Å². The molecule has 0 amide bonds. The van der Waals surface area contributed by atoms with Gasteiger partial charge in [0.05, 0.1) is 11.0 Å². The van der Waals surface area contributed by atoms with Crippen molar-refractivity contribution in [3.8, 4) is 0 Å². The Morgan fingerprint density at radius 3 is 2.10 bits per heavy atom. The Kier molecular flexibility index (Phi) is 5.47. The van der Waals surface area contributed by atoms with Crippen LogP contribution >= 0.6 is 0 Å². The molecule has 0 bridgehead atoms. The van der Waals surface area contributed by atoms with Crippen molar-refractivity contribution in [3.05, 3.63) is 79.4 Å². The quantitative estimate of drug-likeness (QED) is 0.353. The molecule has 21 heavy (non-hydrogen) atoms. The maximum absolute atomic E-state index is 4.37. The normalized spacial score (nSPS) is 9.52. The van der Waals surface area contributed by atoms with Gasteiger partial charge in [0.15, 0.2) is 0 Å². The first kappa shape index (κ1) is 15.2. The van der Waals surface area contributed by atoms with Crippen LogP contribution in [-0.2, 0) is 19.5 Å². The molecule has 0 saturated heterocycles. The Morgan fingerprint density at radius 2 is 1.38 bits per heavy atom. The second-order valence-electron chi connectivity index (χ2n) is 4.24. The number of hydrogen-bond acceptors (Lipinski definition) is 3. The molecule has 0 N–H and O–H groups in total. The van der Waals surface area contributed by atoms with Crippen LogP contribution in [0, 0.1) is 0 Å². The third kappa shape index (κ3) is 3.68. The third-order valence-corrected chi connectivity index (χ3v) is 2.92. The van der Waals surface area contributed by atoms with E-state index in [2.05, 4.69) is 33.2 Å². The van der Waals surface area contributed by atoms with Gasteiger partial charge in [0.2, 0.25) is 0 Å². The number of aromatic nitrogens is 3. The largest absolute Gasteiger partial charge is 0.265 e. The number of rotatable bonds is 0. The van der Waals surface area contributed by atoms with Crippen LogP contribution in [0.1, 0.15) is 0 Å². The molecule has 0 atom stereocenters. The van der Waals surface area contributed by atoms with Crippen molar-refractivity contribution in [3.63, 3.8) is 0 Å². The van der Waals surface area contributed by atoms with E-state index in [-0.39, 0.29) is 19.5 Å². The molecular formula is C17H13N3Ru. The van der Waals surface area contributed by atoms with Gasteiger partial charge in [0.1, 0.15) is 0 Å². The summed E-state index contributed by atoms with van der Waals surface area (Å²) in [4.78, 5) is 12.4. The molecule has 0 aliphatic rings. The molecule has 3 nitrogen and oxygen atoms in total. The Morgan fingerprint density at radius 1 is 0.619 bits per heavy atom. The minimum atomic E-state index is 0. The van der Waals surface area contributed by atoms with E-state index in [0.717, 1.165) is 21.8 Å². The van der Waals surface area contributed by atoms with Gasteiger partial charge in [0, 0.05) is 55.0 Å². The third-order valence-electron chi connectivity index (χ3n) is 2.92. The molecule has 0 unspecified atom stereocenters. The van der Waals surface area contributed by atoms with E-state index in [4.69, 9.17) is 0 Å². The van der Waals surface area contributed by atoms with Gasteiger partial charge in [-0.05, 0) is 36.4 Å². The predicted molar refractivity (Wildman–Crippen MR) is 81.3 cm³/mol. The maximum atomic E-state index is 4.37. The van der Waals surface area contributed by atoms with Gasteiger partial charge in [-0.3, -0.25) is 15.0 Å². The monoisotopic (exact) mass is 361 g/mol. The zero-order valence-corrected chi connectivity index (χ0v) is 12.9. The second-order valence-corrected chi connectivity index (χ2v) is 4.24. The van der Waals surface area contributed by atoms with Crippen LogP contribution in [0.15, 0.2) is 79.4 Å². The summed E-state index contributed by atoms with van der Waals surface area (Å²) in [6, 6.07) is 17.8. The summed E-state index contributed by atoms with van der Waals surface area (Å²) in [5.74, 6) is 0. The minimum absolute atomic E-state index is 0. The zero-order valence-electron chi connectivity index (χ0n) is 11.2. The molecule has 0 aliphatic carbocycles. The molecule has 4 heteroatoms. The molecule has 1 aromatic carbocycles. The van der Waals surface area contributed by atoms with Crippen LogP contribution in [0.3, 0.4) is 0 Å². The van der Waals surface area contributed by atoms with E-state index in [0.29, 0.717) is 0 Å². The van der Waals surface area contributed by atoms with Crippen LogP contribution in [0.5, 0.6) is 0 Å². The summed E-state index contributed by atoms with van der Waals surface area (Å²) >= 11 is 0. The molecule has 104 valence electrons. The fraction of sp³-hybridized carbons (Fsp3) is 0. The molecule has 3 heterocycles.